The topological polar surface area (TPSA) is 56.4 Å². The standard InChI is InChI=1S/C15H22N4O/c1-19(12-7-8-16-9-12)15(20)13-10-17-18-14(13)11-5-3-2-4-6-11/h2-6,12-14,16-18H,7-10H2,1H3. The number of nitrogens with one attached hydrogen (secondary N) is 3. The summed E-state index contributed by atoms with van der Waals surface area (Å²) in [4.78, 5) is 14.7. The van der Waals surface area contributed by atoms with Gasteiger partial charge in [0, 0.05) is 26.2 Å². The van der Waals surface area contributed by atoms with Gasteiger partial charge < -0.3 is 10.2 Å². The Bertz CT molecular complexity index is 458. The summed E-state index contributed by atoms with van der Waals surface area (Å²) in [6, 6.07) is 10.6. The zero-order chi connectivity index (χ0) is 13.9. The first-order valence-electron chi connectivity index (χ1n) is 7.28. The minimum Gasteiger partial charge on any atom is -0.341 e. The van der Waals surface area contributed by atoms with Crippen molar-refractivity contribution in [3.63, 3.8) is 0 Å². The highest BCUT2D eigenvalue weighted by Gasteiger charge is 2.37. The van der Waals surface area contributed by atoms with Gasteiger partial charge in [0.1, 0.15) is 0 Å². The Labute approximate surface area is 119 Å². The van der Waals surface area contributed by atoms with E-state index in [1.165, 1.54) is 0 Å². The van der Waals surface area contributed by atoms with Crippen LogP contribution < -0.4 is 16.2 Å². The van der Waals surface area contributed by atoms with Crippen molar-refractivity contribution in [1.82, 2.24) is 21.1 Å². The molecule has 20 heavy (non-hydrogen) atoms. The van der Waals surface area contributed by atoms with E-state index in [2.05, 4.69) is 28.3 Å². The molecule has 0 bridgehead atoms. The number of rotatable bonds is 3. The molecule has 0 radical (unpaired) electrons. The number of carbonyl (C=O) groups is 1. The van der Waals surface area contributed by atoms with Crippen LogP contribution in [0.5, 0.6) is 0 Å². The van der Waals surface area contributed by atoms with Crippen molar-refractivity contribution in [2.45, 2.75) is 18.5 Å². The van der Waals surface area contributed by atoms with Gasteiger partial charge in [-0.1, -0.05) is 30.3 Å². The first kappa shape index (κ1) is 13.5. The van der Waals surface area contributed by atoms with Crippen molar-refractivity contribution in [2.24, 2.45) is 5.92 Å². The van der Waals surface area contributed by atoms with E-state index in [9.17, 15) is 4.79 Å². The van der Waals surface area contributed by atoms with Crippen LogP contribution in [0.2, 0.25) is 0 Å². The maximum Gasteiger partial charge on any atom is 0.229 e. The van der Waals surface area contributed by atoms with Crippen LogP contribution >= 0.6 is 0 Å². The monoisotopic (exact) mass is 274 g/mol. The highest BCUT2D eigenvalue weighted by atomic mass is 16.2. The van der Waals surface area contributed by atoms with Gasteiger partial charge in [0.2, 0.25) is 5.91 Å². The summed E-state index contributed by atoms with van der Waals surface area (Å²) in [7, 11) is 1.93. The molecule has 2 heterocycles. The van der Waals surface area contributed by atoms with E-state index in [0.717, 1.165) is 25.1 Å². The van der Waals surface area contributed by atoms with Gasteiger partial charge in [-0.3, -0.25) is 10.2 Å². The summed E-state index contributed by atoms with van der Waals surface area (Å²) in [6.07, 6.45) is 1.05. The van der Waals surface area contributed by atoms with Crippen LogP contribution in [0.25, 0.3) is 0 Å². The predicted molar refractivity (Wildman–Crippen MR) is 77.9 cm³/mol. The normalized spacial score (nSPS) is 29.6. The van der Waals surface area contributed by atoms with Gasteiger partial charge in [-0.25, -0.2) is 5.43 Å². The van der Waals surface area contributed by atoms with Gasteiger partial charge in [0.15, 0.2) is 0 Å². The molecule has 5 heteroatoms. The third-order valence-corrected chi connectivity index (χ3v) is 4.39. The highest BCUT2D eigenvalue weighted by Crippen LogP contribution is 2.27. The maximum atomic E-state index is 12.7. The lowest BCUT2D eigenvalue weighted by Gasteiger charge is -2.28. The van der Waals surface area contributed by atoms with E-state index in [-0.39, 0.29) is 17.9 Å². The number of hydrogen-bond acceptors (Lipinski definition) is 4. The molecule has 2 aliphatic heterocycles. The molecule has 108 valence electrons. The van der Waals surface area contributed by atoms with Gasteiger partial charge in [-0.15, -0.1) is 0 Å². The van der Waals surface area contributed by atoms with Crippen LogP contribution in [0.4, 0.5) is 0 Å². The number of likely N-dealkylation sites (N-methyl/N-ethyl adjacent to an activating group) is 1. The Balaban J connectivity index is 1.73. The zero-order valence-corrected chi connectivity index (χ0v) is 11.8. The Kier molecular flexibility index (Phi) is 4.00. The molecule has 1 amide bonds. The molecule has 2 aliphatic rings. The second-order valence-electron chi connectivity index (χ2n) is 5.62. The fraction of sp³-hybridized carbons (Fsp3) is 0.533. The molecule has 3 N–H and O–H groups in total. The second kappa shape index (κ2) is 5.91. The Morgan fingerprint density at radius 3 is 2.75 bits per heavy atom. The minimum atomic E-state index is -0.0389. The molecule has 0 saturated carbocycles. The van der Waals surface area contributed by atoms with E-state index in [1.807, 2.05) is 30.1 Å². The fourth-order valence-electron chi connectivity index (χ4n) is 3.11. The molecular weight excluding hydrogens is 252 g/mol. The summed E-state index contributed by atoms with van der Waals surface area (Å²) in [6.45, 7) is 2.60. The van der Waals surface area contributed by atoms with Crippen LogP contribution in [-0.4, -0.2) is 43.5 Å². The molecule has 5 nitrogen and oxygen atoms in total. The van der Waals surface area contributed by atoms with Gasteiger partial charge in [0.25, 0.3) is 0 Å². The zero-order valence-electron chi connectivity index (χ0n) is 11.8. The highest BCUT2D eigenvalue weighted by molar-refractivity contribution is 5.80. The van der Waals surface area contributed by atoms with E-state index >= 15 is 0 Å². The Morgan fingerprint density at radius 2 is 2.05 bits per heavy atom. The summed E-state index contributed by atoms with van der Waals surface area (Å²) in [5.41, 5.74) is 7.53. The number of benzene rings is 1. The van der Waals surface area contributed by atoms with Gasteiger partial charge in [-0.2, -0.15) is 0 Å². The van der Waals surface area contributed by atoms with Crippen LogP contribution in [0, 0.1) is 5.92 Å². The van der Waals surface area contributed by atoms with E-state index in [1.54, 1.807) is 0 Å². The van der Waals surface area contributed by atoms with Crippen LogP contribution in [0.15, 0.2) is 30.3 Å². The van der Waals surface area contributed by atoms with E-state index in [0.29, 0.717) is 12.6 Å². The molecule has 0 aliphatic carbocycles. The molecular formula is C15H22N4O. The molecule has 0 spiro atoms. The van der Waals surface area contributed by atoms with E-state index in [4.69, 9.17) is 0 Å². The molecule has 2 fully saturated rings. The largest absolute Gasteiger partial charge is 0.341 e. The van der Waals surface area contributed by atoms with Crippen molar-refractivity contribution >= 4 is 5.91 Å². The molecule has 1 aromatic rings. The average molecular weight is 274 g/mol. The lowest BCUT2D eigenvalue weighted by Crippen LogP contribution is -2.43. The molecule has 1 aromatic carbocycles. The lowest BCUT2D eigenvalue weighted by molar-refractivity contribution is -0.135. The first-order valence-corrected chi connectivity index (χ1v) is 7.28. The van der Waals surface area contributed by atoms with Crippen molar-refractivity contribution < 1.29 is 4.79 Å². The third-order valence-electron chi connectivity index (χ3n) is 4.39. The van der Waals surface area contributed by atoms with E-state index < -0.39 is 0 Å². The summed E-state index contributed by atoms with van der Waals surface area (Å²) in [5.74, 6) is 0.188. The Morgan fingerprint density at radius 1 is 1.25 bits per heavy atom. The second-order valence-corrected chi connectivity index (χ2v) is 5.62. The smallest absolute Gasteiger partial charge is 0.229 e. The molecule has 0 aromatic heterocycles. The summed E-state index contributed by atoms with van der Waals surface area (Å²) < 4.78 is 0. The van der Waals surface area contributed by atoms with Gasteiger partial charge in [0.05, 0.1) is 12.0 Å². The van der Waals surface area contributed by atoms with Crippen molar-refractivity contribution in [3.8, 4) is 0 Å². The fourth-order valence-corrected chi connectivity index (χ4v) is 3.11. The quantitative estimate of drug-likeness (QED) is 0.741. The third kappa shape index (κ3) is 2.57. The summed E-state index contributed by atoms with van der Waals surface area (Å²) >= 11 is 0. The number of carbonyl (C=O) groups excluding carboxylic acids is 1. The number of amides is 1. The molecule has 3 unspecified atom stereocenters. The van der Waals surface area contributed by atoms with Crippen molar-refractivity contribution in [2.75, 3.05) is 26.7 Å². The SMILES string of the molecule is CN(C(=O)C1CNNC1c1ccccc1)C1CCNC1. The van der Waals surface area contributed by atoms with Crippen LogP contribution in [-0.2, 0) is 4.79 Å². The van der Waals surface area contributed by atoms with Gasteiger partial charge >= 0.3 is 0 Å². The Hall–Kier alpha value is -1.43. The molecule has 3 atom stereocenters. The van der Waals surface area contributed by atoms with Crippen molar-refractivity contribution in [1.29, 1.82) is 0 Å². The van der Waals surface area contributed by atoms with Gasteiger partial charge in [-0.05, 0) is 18.5 Å². The first-order chi connectivity index (χ1) is 9.77. The number of hydrogen-bond donors (Lipinski definition) is 3. The van der Waals surface area contributed by atoms with Crippen molar-refractivity contribution in [3.05, 3.63) is 35.9 Å². The average Bonchev–Trinajstić information content (AvgIpc) is 3.17. The predicted octanol–water partition coefficient (Wildman–Crippen LogP) is 0.272. The number of nitrogens with zero attached hydrogens (tertiary/aromatic N) is 1. The minimum absolute atomic E-state index is 0.0389. The molecule has 2 saturated heterocycles. The van der Waals surface area contributed by atoms with Crippen LogP contribution in [0.3, 0.4) is 0 Å². The lowest BCUT2D eigenvalue weighted by atomic mass is 9.93. The summed E-state index contributed by atoms with van der Waals surface area (Å²) in [5, 5.41) is 3.32. The maximum absolute atomic E-state index is 12.7. The number of hydrazine groups is 1. The van der Waals surface area contributed by atoms with Crippen LogP contribution in [0.1, 0.15) is 18.0 Å². The molecule has 3 rings (SSSR count).